The Bertz CT molecular complexity index is 944. The maximum Gasteiger partial charge on any atom is 0.279 e. The lowest BCUT2D eigenvalue weighted by Crippen LogP contribution is -2.48. The molecule has 0 heterocycles. The van der Waals surface area contributed by atoms with Gasteiger partial charge in [-0.15, -0.1) is 0 Å². The highest BCUT2D eigenvalue weighted by Gasteiger charge is 2.24. The number of rotatable bonds is 6. The molecule has 5 heteroatoms. The van der Waals surface area contributed by atoms with Crippen LogP contribution in [0.4, 0.5) is 0 Å². The zero-order valence-corrected chi connectivity index (χ0v) is 17.4. The summed E-state index contributed by atoms with van der Waals surface area (Å²) >= 11 is 0. The van der Waals surface area contributed by atoms with Gasteiger partial charge in [-0.25, -0.2) is 0 Å². The molecule has 0 fully saturated rings. The van der Waals surface area contributed by atoms with Crippen molar-refractivity contribution in [3.05, 3.63) is 101 Å². The van der Waals surface area contributed by atoms with Crippen molar-refractivity contribution < 1.29 is 14.3 Å². The van der Waals surface area contributed by atoms with Crippen molar-refractivity contribution in [2.45, 2.75) is 32.8 Å². The number of para-hydroxylation sites is 1. The molecular formula is C25H26N2O3. The fourth-order valence-electron chi connectivity index (χ4n) is 3.30. The molecule has 0 saturated carbocycles. The number of amides is 2. The smallest absolute Gasteiger partial charge is 0.279 e. The van der Waals surface area contributed by atoms with Crippen LogP contribution in [0, 0.1) is 13.8 Å². The molecule has 0 spiro atoms. The van der Waals surface area contributed by atoms with Crippen LogP contribution >= 0.6 is 0 Å². The van der Waals surface area contributed by atoms with Crippen molar-refractivity contribution in [1.29, 1.82) is 0 Å². The van der Waals surface area contributed by atoms with Gasteiger partial charge in [0.1, 0.15) is 5.75 Å². The molecule has 0 aliphatic carbocycles. The molecule has 0 aromatic heterocycles. The van der Waals surface area contributed by atoms with Gasteiger partial charge < -0.3 is 4.74 Å². The van der Waals surface area contributed by atoms with E-state index < -0.39 is 17.9 Å². The quantitative estimate of drug-likeness (QED) is 0.611. The third kappa shape index (κ3) is 5.06. The van der Waals surface area contributed by atoms with E-state index >= 15 is 0 Å². The van der Waals surface area contributed by atoms with Crippen LogP contribution in [-0.2, 0) is 9.59 Å². The highest BCUT2D eigenvalue weighted by molar-refractivity contribution is 5.90. The molecule has 154 valence electrons. The molecule has 0 aliphatic rings. The molecule has 3 aromatic carbocycles. The van der Waals surface area contributed by atoms with E-state index in [-0.39, 0.29) is 5.91 Å². The standard InChI is InChI=1S/C25H26N2O3/c1-17-11-10-12-18(2)23(17)30-19(3)24(28)26-27-25(29)22(20-13-6-4-7-14-20)21-15-8-5-9-16-21/h4-16,19,22H,1-3H3,(H,26,28)(H,27,29). The second-order valence-corrected chi connectivity index (χ2v) is 7.21. The normalized spacial score (nSPS) is 11.6. The summed E-state index contributed by atoms with van der Waals surface area (Å²) in [5.41, 5.74) is 8.64. The average Bonchev–Trinajstić information content (AvgIpc) is 2.76. The Morgan fingerprint density at radius 1 is 0.700 bits per heavy atom. The number of hydrazine groups is 1. The Morgan fingerprint density at radius 3 is 1.67 bits per heavy atom. The molecule has 2 N–H and O–H groups in total. The van der Waals surface area contributed by atoms with Crippen molar-refractivity contribution in [2.24, 2.45) is 0 Å². The van der Waals surface area contributed by atoms with E-state index in [0.29, 0.717) is 5.75 Å². The topological polar surface area (TPSA) is 67.4 Å². The summed E-state index contributed by atoms with van der Waals surface area (Å²) < 4.78 is 5.84. The zero-order valence-electron chi connectivity index (χ0n) is 17.4. The monoisotopic (exact) mass is 402 g/mol. The average molecular weight is 402 g/mol. The van der Waals surface area contributed by atoms with Gasteiger partial charge in [0.25, 0.3) is 5.91 Å². The highest BCUT2D eigenvalue weighted by atomic mass is 16.5. The maximum atomic E-state index is 13.0. The lowest BCUT2D eigenvalue weighted by Gasteiger charge is -2.20. The van der Waals surface area contributed by atoms with Crippen LogP contribution in [0.15, 0.2) is 78.9 Å². The molecular weight excluding hydrogens is 376 g/mol. The first-order valence-corrected chi connectivity index (χ1v) is 9.90. The van der Waals surface area contributed by atoms with Gasteiger partial charge in [-0.2, -0.15) is 0 Å². The van der Waals surface area contributed by atoms with Crippen molar-refractivity contribution in [3.63, 3.8) is 0 Å². The second kappa shape index (κ2) is 9.74. The lowest BCUT2D eigenvalue weighted by atomic mass is 9.91. The maximum absolute atomic E-state index is 13.0. The Balaban J connectivity index is 1.68. The third-order valence-corrected chi connectivity index (χ3v) is 4.91. The SMILES string of the molecule is Cc1cccc(C)c1OC(C)C(=O)NNC(=O)C(c1ccccc1)c1ccccc1. The van der Waals surface area contributed by atoms with Gasteiger partial charge in [0.2, 0.25) is 5.91 Å². The molecule has 3 aromatic rings. The van der Waals surface area contributed by atoms with Gasteiger partial charge in [-0.05, 0) is 43.0 Å². The predicted octanol–water partition coefficient (Wildman–Crippen LogP) is 4.05. The van der Waals surface area contributed by atoms with E-state index in [1.54, 1.807) is 6.92 Å². The summed E-state index contributed by atoms with van der Waals surface area (Å²) in [6.07, 6.45) is -0.767. The number of hydrogen-bond acceptors (Lipinski definition) is 3. The van der Waals surface area contributed by atoms with Gasteiger partial charge in [0.15, 0.2) is 6.10 Å². The number of hydrogen-bond donors (Lipinski definition) is 2. The number of carbonyl (C=O) groups excluding carboxylic acids is 2. The Morgan fingerprint density at radius 2 is 1.17 bits per heavy atom. The van der Waals surface area contributed by atoms with E-state index in [2.05, 4.69) is 10.9 Å². The Hall–Kier alpha value is -3.60. The largest absolute Gasteiger partial charge is 0.480 e. The minimum absolute atomic E-state index is 0.319. The van der Waals surface area contributed by atoms with Gasteiger partial charge >= 0.3 is 0 Å². The summed E-state index contributed by atoms with van der Waals surface area (Å²) in [5, 5.41) is 0. The molecule has 0 bridgehead atoms. The van der Waals surface area contributed by atoms with Gasteiger partial charge in [-0.1, -0.05) is 78.9 Å². The molecule has 30 heavy (non-hydrogen) atoms. The summed E-state index contributed by atoms with van der Waals surface area (Å²) in [6, 6.07) is 24.7. The van der Waals surface area contributed by atoms with Crippen LogP contribution in [-0.4, -0.2) is 17.9 Å². The Labute approximate surface area is 177 Å². The summed E-state index contributed by atoms with van der Waals surface area (Å²) in [6.45, 7) is 5.51. The van der Waals surface area contributed by atoms with Crippen molar-refractivity contribution in [3.8, 4) is 5.75 Å². The fraction of sp³-hybridized carbons (Fsp3) is 0.200. The number of benzene rings is 3. The van der Waals surface area contributed by atoms with Crippen LogP contribution in [0.25, 0.3) is 0 Å². The zero-order chi connectivity index (χ0) is 21.5. The lowest BCUT2D eigenvalue weighted by molar-refractivity contribution is -0.133. The van der Waals surface area contributed by atoms with Crippen molar-refractivity contribution in [1.82, 2.24) is 10.9 Å². The molecule has 0 saturated heterocycles. The minimum Gasteiger partial charge on any atom is -0.480 e. The predicted molar refractivity (Wildman–Crippen MR) is 117 cm³/mol. The first-order chi connectivity index (χ1) is 14.5. The number of carbonyl (C=O) groups is 2. The van der Waals surface area contributed by atoms with Crippen LogP contribution < -0.4 is 15.6 Å². The van der Waals surface area contributed by atoms with Crippen molar-refractivity contribution in [2.75, 3.05) is 0 Å². The van der Waals surface area contributed by atoms with Crippen LogP contribution in [0.3, 0.4) is 0 Å². The molecule has 3 rings (SSSR count). The number of ether oxygens (including phenoxy) is 1. The van der Waals surface area contributed by atoms with E-state index in [4.69, 9.17) is 4.74 Å². The Kier molecular flexibility index (Phi) is 6.86. The molecule has 2 amide bonds. The number of nitrogens with one attached hydrogen (secondary N) is 2. The van der Waals surface area contributed by atoms with E-state index in [1.165, 1.54) is 0 Å². The highest BCUT2D eigenvalue weighted by Crippen LogP contribution is 2.25. The molecule has 1 atom stereocenters. The molecule has 1 unspecified atom stereocenters. The number of aryl methyl sites for hydroxylation is 2. The van der Waals surface area contributed by atoms with Crippen LogP contribution in [0.5, 0.6) is 5.75 Å². The van der Waals surface area contributed by atoms with Crippen LogP contribution in [0.1, 0.15) is 35.1 Å². The van der Waals surface area contributed by atoms with E-state index in [0.717, 1.165) is 22.3 Å². The van der Waals surface area contributed by atoms with Crippen molar-refractivity contribution >= 4 is 11.8 Å². The van der Waals surface area contributed by atoms with Gasteiger partial charge in [-0.3, -0.25) is 20.4 Å². The first-order valence-electron chi connectivity index (χ1n) is 9.90. The van der Waals surface area contributed by atoms with Gasteiger partial charge in [0.05, 0.1) is 5.92 Å². The summed E-state index contributed by atoms with van der Waals surface area (Å²) in [5.74, 6) is -0.605. The minimum atomic E-state index is -0.767. The van der Waals surface area contributed by atoms with E-state index in [1.807, 2.05) is 92.7 Å². The summed E-state index contributed by atoms with van der Waals surface area (Å²) in [4.78, 5) is 25.5. The van der Waals surface area contributed by atoms with E-state index in [9.17, 15) is 9.59 Å². The molecule has 5 nitrogen and oxygen atoms in total. The van der Waals surface area contributed by atoms with Crippen LogP contribution in [0.2, 0.25) is 0 Å². The fourth-order valence-corrected chi connectivity index (χ4v) is 3.30. The first kappa shape index (κ1) is 21.1. The molecule has 0 radical (unpaired) electrons. The third-order valence-electron chi connectivity index (χ3n) is 4.91. The van der Waals surface area contributed by atoms with Gasteiger partial charge in [0, 0.05) is 0 Å². The summed E-state index contributed by atoms with van der Waals surface area (Å²) in [7, 11) is 0. The molecule has 0 aliphatic heterocycles. The second-order valence-electron chi connectivity index (χ2n) is 7.21.